The van der Waals surface area contributed by atoms with Crippen LogP contribution in [0.3, 0.4) is 0 Å². The molecule has 1 saturated carbocycles. The Kier molecular flexibility index (Phi) is 3.11. The maximum atomic E-state index is 12.7. The highest BCUT2D eigenvalue weighted by Crippen LogP contribution is 2.35. The van der Waals surface area contributed by atoms with Crippen LogP contribution >= 0.6 is 15.9 Å². The molecule has 1 rings (SSSR count). The average molecular weight is 221 g/mol. The van der Waals surface area contributed by atoms with Gasteiger partial charge in [-0.15, -0.1) is 0 Å². The smallest absolute Gasteiger partial charge is 0.164 e. The highest BCUT2D eigenvalue weighted by Gasteiger charge is 2.20. The highest BCUT2D eigenvalue weighted by molar-refractivity contribution is 9.11. The van der Waals surface area contributed by atoms with Crippen LogP contribution in [0.5, 0.6) is 0 Å². The molecule has 1 fully saturated rings. The monoisotopic (exact) mass is 220 g/mol. The van der Waals surface area contributed by atoms with Crippen molar-refractivity contribution in [3.05, 3.63) is 10.3 Å². The topological polar surface area (TPSA) is 0 Å². The molecule has 0 nitrogen and oxygen atoms in total. The predicted octanol–water partition coefficient (Wildman–Crippen LogP) is 4.02. The minimum absolute atomic E-state index is 0.129. The van der Waals surface area contributed by atoms with E-state index >= 15 is 0 Å². The van der Waals surface area contributed by atoms with E-state index in [4.69, 9.17) is 0 Å². The van der Waals surface area contributed by atoms with Crippen molar-refractivity contribution in [1.29, 1.82) is 0 Å². The summed E-state index contributed by atoms with van der Waals surface area (Å²) in [5.41, 5.74) is 0.969. The molecule has 64 valence electrons. The van der Waals surface area contributed by atoms with E-state index in [1.54, 1.807) is 0 Å². The fraction of sp³-hybridized carbons (Fsp3) is 0.778. The van der Waals surface area contributed by atoms with E-state index in [1.165, 1.54) is 6.42 Å². The van der Waals surface area contributed by atoms with Crippen molar-refractivity contribution in [2.45, 2.75) is 33.1 Å². The average Bonchev–Trinajstić information content (AvgIpc) is 1.85. The number of allylic oxidation sites excluding steroid dienone is 1. The molecule has 0 aromatic carbocycles. The zero-order chi connectivity index (χ0) is 8.43. The van der Waals surface area contributed by atoms with Crippen LogP contribution in [0.25, 0.3) is 0 Å². The molecular formula is C9H14BrF. The van der Waals surface area contributed by atoms with Gasteiger partial charge >= 0.3 is 0 Å². The standard InChI is InChI=1S/C9H14BrF/c1-6-3-7(2)5-8(4-6)9(10)11/h6-7H,3-5H2,1-2H3. The normalized spacial score (nSPS) is 32.2. The molecular weight excluding hydrogens is 207 g/mol. The molecule has 11 heavy (non-hydrogen) atoms. The number of halogens is 2. The SMILES string of the molecule is CC1CC(=C(F)Br)CC(C)C1. The van der Waals surface area contributed by atoms with Crippen LogP contribution in [-0.4, -0.2) is 0 Å². The van der Waals surface area contributed by atoms with E-state index in [-0.39, 0.29) is 4.74 Å². The summed E-state index contributed by atoms with van der Waals surface area (Å²) >= 11 is 2.90. The molecule has 0 aromatic heterocycles. The first-order valence-electron chi connectivity index (χ1n) is 4.12. The lowest BCUT2D eigenvalue weighted by atomic mass is 9.81. The fourth-order valence-corrected chi connectivity index (χ4v) is 2.26. The van der Waals surface area contributed by atoms with E-state index in [2.05, 4.69) is 29.8 Å². The largest absolute Gasteiger partial charge is 0.199 e. The first-order chi connectivity index (χ1) is 5.09. The van der Waals surface area contributed by atoms with Crippen molar-refractivity contribution in [2.75, 3.05) is 0 Å². The van der Waals surface area contributed by atoms with Crippen LogP contribution in [0.2, 0.25) is 0 Å². The second kappa shape index (κ2) is 3.70. The van der Waals surface area contributed by atoms with Gasteiger partial charge in [-0.25, -0.2) is 0 Å². The summed E-state index contributed by atoms with van der Waals surface area (Å²) in [5, 5.41) is 0. The van der Waals surface area contributed by atoms with E-state index in [0.29, 0.717) is 11.8 Å². The third-order valence-electron chi connectivity index (χ3n) is 2.26. The number of rotatable bonds is 0. The summed E-state index contributed by atoms with van der Waals surface area (Å²) in [6.07, 6.45) is 3.10. The lowest BCUT2D eigenvalue weighted by molar-refractivity contribution is 0.353. The van der Waals surface area contributed by atoms with Crippen molar-refractivity contribution in [3.8, 4) is 0 Å². The van der Waals surface area contributed by atoms with Crippen molar-refractivity contribution < 1.29 is 4.39 Å². The Morgan fingerprint density at radius 1 is 1.36 bits per heavy atom. The van der Waals surface area contributed by atoms with Crippen molar-refractivity contribution in [3.63, 3.8) is 0 Å². The fourth-order valence-electron chi connectivity index (χ4n) is 1.93. The molecule has 0 heterocycles. The highest BCUT2D eigenvalue weighted by atomic mass is 79.9. The van der Waals surface area contributed by atoms with E-state index in [0.717, 1.165) is 18.4 Å². The van der Waals surface area contributed by atoms with Gasteiger partial charge in [-0.05, 0) is 52.6 Å². The minimum atomic E-state index is -0.129. The summed E-state index contributed by atoms with van der Waals surface area (Å²) in [6.45, 7) is 4.37. The van der Waals surface area contributed by atoms with Crippen molar-refractivity contribution in [2.24, 2.45) is 11.8 Å². The molecule has 0 aliphatic heterocycles. The summed E-state index contributed by atoms with van der Waals surface area (Å²) < 4.78 is 12.6. The molecule has 0 aromatic rings. The molecule has 0 spiro atoms. The minimum Gasteiger partial charge on any atom is -0.199 e. The van der Waals surface area contributed by atoms with Crippen molar-refractivity contribution in [1.82, 2.24) is 0 Å². The van der Waals surface area contributed by atoms with Crippen LogP contribution in [0.4, 0.5) is 4.39 Å². The van der Waals surface area contributed by atoms with E-state index < -0.39 is 0 Å². The van der Waals surface area contributed by atoms with Crippen LogP contribution in [-0.2, 0) is 0 Å². The Bertz CT molecular complexity index is 158. The molecule has 1 aliphatic rings. The lowest BCUT2D eigenvalue weighted by Crippen LogP contribution is -2.12. The van der Waals surface area contributed by atoms with Gasteiger partial charge in [0.1, 0.15) is 0 Å². The third-order valence-corrected chi connectivity index (χ3v) is 2.82. The van der Waals surface area contributed by atoms with Gasteiger partial charge in [0.05, 0.1) is 0 Å². The van der Waals surface area contributed by atoms with Gasteiger partial charge in [0.2, 0.25) is 0 Å². The molecule has 2 unspecified atom stereocenters. The molecule has 0 bridgehead atoms. The Morgan fingerprint density at radius 3 is 2.18 bits per heavy atom. The van der Waals surface area contributed by atoms with Crippen LogP contribution in [0, 0.1) is 11.8 Å². The second-order valence-electron chi connectivity index (χ2n) is 3.72. The van der Waals surface area contributed by atoms with Crippen LogP contribution in [0.15, 0.2) is 10.3 Å². The van der Waals surface area contributed by atoms with E-state index in [9.17, 15) is 4.39 Å². The maximum absolute atomic E-state index is 12.7. The first kappa shape index (κ1) is 9.24. The summed E-state index contributed by atoms with van der Waals surface area (Å²) in [4.78, 5) is 0. The molecule has 2 heteroatoms. The quantitative estimate of drug-likeness (QED) is 0.579. The molecule has 1 aliphatic carbocycles. The Labute approximate surface area is 76.0 Å². The lowest BCUT2D eigenvalue weighted by Gasteiger charge is -2.25. The Morgan fingerprint density at radius 2 is 1.82 bits per heavy atom. The first-order valence-corrected chi connectivity index (χ1v) is 4.92. The van der Waals surface area contributed by atoms with Gasteiger partial charge < -0.3 is 0 Å². The van der Waals surface area contributed by atoms with Gasteiger partial charge in [0.15, 0.2) is 4.74 Å². The Balaban J connectivity index is 2.64. The molecule has 0 N–H and O–H groups in total. The summed E-state index contributed by atoms with van der Waals surface area (Å²) in [7, 11) is 0. The Hall–Kier alpha value is 0.150. The maximum Gasteiger partial charge on any atom is 0.164 e. The molecule has 0 saturated heterocycles. The second-order valence-corrected chi connectivity index (χ2v) is 4.41. The number of hydrogen-bond acceptors (Lipinski definition) is 0. The molecule has 2 atom stereocenters. The van der Waals surface area contributed by atoms with Gasteiger partial charge in [0, 0.05) is 0 Å². The molecule has 0 amide bonds. The summed E-state index contributed by atoms with van der Waals surface area (Å²) in [6, 6.07) is 0. The third kappa shape index (κ3) is 2.58. The zero-order valence-electron chi connectivity index (χ0n) is 7.03. The van der Waals surface area contributed by atoms with Gasteiger partial charge in [-0.3, -0.25) is 0 Å². The van der Waals surface area contributed by atoms with Gasteiger partial charge in [-0.2, -0.15) is 4.39 Å². The summed E-state index contributed by atoms with van der Waals surface area (Å²) in [5.74, 6) is 1.30. The van der Waals surface area contributed by atoms with Gasteiger partial charge in [0.25, 0.3) is 0 Å². The van der Waals surface area contributed by atoms with Gasteiger partial charge in [-0.1, -0.05) is 13.8 Å². The zero-order valence-corrected chi connectivity index (χ0v) is 8.62. The molecule has 0 radical (unpaired) electrons. The van der Waals surface area contributed by atoms with Crippen LogP contribution < -0.4 is 0 Å². The van der Waals surface area contributed by atoms with Crippen molar-refractivity contribution >= 4 is 15.9 Å². The predicted molar refractivity (Wildman–Crippen MR) is 49.2 cm³/mol. The number of hydrogen-bond donors (Lipinski definition) is 0. The van der Waals surface area contributed by atoms with Crippen LogP contribution in [0.1, 0.15) is 33.1 Å². The van der Waals surface area contributed by atoms with E-state index in [1.807, 2.05) is 0 Å².